The molecule has 0 radical (unpaired) electrons. The topological polar surface area (TPSA) is 47.9 Å². The number of oxime groups is 1. The summed E-state index contributed by atoms with van der Waals surface area (Å²) in [5, 5.41) is 3.84. The largest absolute Gasteiger partial charge is 0.463 e. The van der Waals surface area contributed by atoms with Crippen LogP contribution in [0, 0.1) is 5.92 Å². The molecule has 0 aromatic heterocycles. The summed E-state index contributed by atoms with van der Waals surface area (Å²) in [6.45, 7) is 6.21. The lowest BCUT2D eigenvalue weighted by atomic mass is 10.0. The van der Waals surface area contributed by atoms with Gasteiger partial charge in [-0.1, -0.05) is 19.0 Å². The molecule has 0 spiro atoms. The Morgan fingerprint density at radius 2 is 2.46 bits per heavy atom. The number of rotatable bonds is 3. The highest BCUT2D eigenvalue weighted by molar-refractivity contribution is 5.92. The van der Waals surface area contributed by atoms with Gasteiger partial charge in [0.05, 0.1) is 12.3 Å². The van der Waals surface area contributed by atoms with Crippen LogP contribution in [0.3, 0.4) is 0 Å². The molecule has 0 fully saturated rings. The van der Waals surface area contributed by atoms with Gasteiger partial charge in [-0.2, -0.15) is 0 Å². The summed E-state index contributed by atoms with van der Waals surface area (Å²) in [5.74, 6) is 0.0151. The third-order valence-electron chi connectivity index (χ3n) is 1.91. The smallest absolute Gasteiger partial charge is 0.350 e. The van der Waals surface area contributed by atoms with Gasteiger partial charge in [0.25, 0.3) is 0 Å². The highest BCUT2D eigenvalue weighted by Crippen LogP contribution is 2.16. The Morgan fingerprint density at radius 3 is 2.92 bits per heavy atom. The molecule has 0 bridgehead atoms. The Labute approximate surface area is 77.9 Å². The first-order chi connectivity index (χ1) is 6.15. The molecule has 0 aromatic rings. The lowest BCUT2D eigenvalue weighted by Gasteiger charge is -2.06. The zero-order valence-electron chi connectivity index (χ0n) is 8.24. The molecule has 4 heteroatoms. The minimum Gasteiger partial charge on any atom is -0.463 e. The summed E-state index contributed by atoms with van der Waals surface area (Å²) in [6, 6.07) is 0. The van der Waals surface area contributed by atoms with E-state index in [-0.39, 0.29) is 5.97 Å². The normalized spacial score (nSPS) is 21.2. The van der Waals surface area contributed by atoms with E-state index >= 15 is 0 Å². The lowest BCUT2D eigenvalue weighted by molar-refractivity contribution is -0.154. The predicted octanol–water partition coefficient (Wildman–Crippen LogP) is 1.35. The van der Waals surface area contributed by atoms with Crippen LogP contribution in [0.4, 0.5) is 0 Å². The van der Waals surface area contributed by atoms with Crippen molar-refractivity contribution in [2.45, 2.75) is 33.3 Å². The van der Waals surface area contributed by atoms with Crippen LogP contribution in [0.15, 0.2) is 5.16 Å². The van der Waals surface area contributed by atoms with E-state index in [0.29, 0.717) is 18.9 Å². The Kier molecular flexibility index (Phi) is 3.28. The summed E-state index contributed by atoms with van der Waals surface area (Å²) in [6.07, 6.45) is 0.0496. The summed E-state index contributed by atoms with van der Waals surface area (Å²) in [5.41, 5.74) is 0.929. The second-order valence-corrected chi connectivity index (χ2v) is 3.29. The Bertz CT molecular complexity index is 223. The van der Waals surface area contributed by atoms with Crippen LogP contribution < -0.4 is 0 Å². The fourth-order valence-corrected chi connectivity index (χ4v) is 1.10. The minimum absolute atomic E-state index is 0.318. The van der Waals surface area contributed by atoms with Gasteiger partial charge in [-0.15, -0.1) is 0 Å². The molecule has 0 saturated carbocycles. The standard InChI is InChI=1S/C9H15NO3/c1-4-12-9(11)8-5-7(6(2)3)10-13-8/h6,8H,4-5H2,1-3H3. The molecule has 0 aromatic carbocycles. The molecule has 13 heavy (non-hydrogen) atoms. The van der Waals surface area contributed by atoms with Gasteiger partial charge in [-0.25, -0.2) is 4.79 Å². The highest BCUT2D eigenvalue weighted by Gasteiger charge is 2.30. The van der Waals surface area contributed by atoms with Crippen molar-refractivity contribution in [2.75, 3.05) is 6.61 Å². The molecular weight excluding hydrogens is 170 g/mol. The van der Waals surface area contributed by atoms with Crippen molar-refractivity contribution in [1.82, 2.24) is 0 Å². The summed E-state index contributed by atoms with van der Waals surface area (Å²) in [7, 11) is 0. The van der Waals surface area contributed by atoms with E-state index in [1.165, 1.54) is 0 Å². The van der Waals surface area contributed by atoms with Gasteiger partial charge < -0.3 is 9.57 Å². The number of carbonyl (C=O) groups excluding carboxylic acids is 1. The molecule has 1 unspecified atom stereocenters. The number of hydrogen-bond acceptors (Lipinski definition) is 4. The molecule has 1 rings (SSSR count). The number of hydrogen-bond donors (Lipinski definition) is 0. The maximum atomic E-state index is 11.2. The molecule has 0 amide bonds. The summed E-state index contributed by atoms with van der Waals surface area (Å²) < 4.78 is 4.82. The van der Waals surface area contributed by atoms with Crippen molar-refractivity contribution < 1.29 is 14.4 Å². The first-order valence-corrected chi connectivity index (χ1v) is 4.54. The zero-order valence-corrected chi connectivity index (χ0v) is 8.24. The van der Waals surface area contributed by atoms with Gasteiger partial charge in [-0.05, 0) is 12.8 Å². The van der Waals surface area contributed by atoms with Crippen LogP contribution in [0.5, 0.6) is 0 Å². The van der Waals surface area contributed by atoms with Crippen LogP contribution >= 0.6 is 0 Å². The van der Waals surface area contributed by atoms with Crippen molar-refractivity contribution in [3.8, 4) is 0 Å². The third kappa shape index (κ3) is 2.44. The maximum Gasteiger partial charge on any atom is 0.350 e. The van der Waals surface area contributed by atoms with Crippen molar-refractivity contribution >= 4 is 11.7 Å². The zero-order chi connectivity index (χ0) is 9.84. The van der Waals surface area contributed by atoms with Crippen molar-refractivity contribution in [2.24, 2.45) is 11.1 Å². The van der Waals surface area contributed by atoms with Gasteiger partial charge in [0.1, 0.15) is 0 Å². The number of ether oxygens (including phenoxy) is 1. The second-order valence-electron chi connectivity index (χ2n) is 3.29. The highest BCUT2D eigenvalue weighted by atomic mass is 16.7. The van der Waals surface area contributed by atoms with Crippen molar-refractivity contribution in [3.63, 3.8) is 0 Å². The first-order valence-electron chi connectivity index (χ1n) is 4.54. The number of carbonyl (C=O) groups is 1. The van der Waals surface area contributed by atoms with Crippen molar-refractivity contribution in [3.05, 3.63) is 0 Å². The van der Waals surface area contributed by atoms with Gasteiger partial charge in [0.15, 0.2) is 0 Å². The van der Waals surface area contributed by atoms with Crippen molar-refractivity contribution in [1.29, 1.82) is 0 Å². The van der Waals surface area contributed by atoms with Gasteiger partial charge in [0, 0.05) is 6.42 Å². The van der Waals surface area contributed by atoms with Gasteiger partial charge in [0.2, 0.25) is 6.10 Å². The Hall–Kier alpha value is -1.06. The summed E-state index contributed by atoms with van der Waals surface area (Å²) >= 11 is 0. The molecule has 1 aliphatic rings. The minimum atomic E-state index is -0.516. The SMILES string of the molecule is CCOC(=O)C1CC(C(C)C)=NO1. The third-order valence-corrected chi connectivity index (χ3v) is 1.91. The molecule has 4 nitrogen and oxygen atoms in total. The molecule has 0 N–H and O–H groups in total. The average molecular weight is 185 g/mol. The molecule has 1 atom stereocenters. The summed E-state index contributed by atoms with van der Waals surface area (Å²) in [4.78, 5) is 16.1. The second kappa shape index (κ2) is 4.25. The molecule has 74 valence electrons. The molecule has 1 aliphatic heterocycles. The van der Waals surface area contributed by atoms with E-state index in [1.54, 1.807) is 6.92 Å². The molecule has 0 saturated heterocycles. The Balaban J connectivity index is 2.41. The van der Waals surface area contributed by atoms with Crippen LogP contribution in [0.25, 0.3) is 0 Å². The molecule has 0 aliphatic carbocycles. The van der Waals surface area contributed by atoms with Crippen LogP contribution in [-0.4, -0.2) is 24.4 Å². The lowest BCUT2D eigenvalue weighted by Crippen LogP contribution is -2.24. The first kappa shape index (κ1) is 10.0. The quantitative estimate of drug-likeness (QED) is 0.623. The van der Waals surface area contributed by atoms with Crippen LogP contribution in [-0.2, 0) is 14.4 Å². The van der Waals surface area contributed by atoms with Gasteiger partial charge in [-0.3, -0.25) is 0 Å². The molecule has 1 heterocycles. The monoisotopic (exact) mass is 185 g/mol. The van der Waals surface area contributed by atoms with E-state index in [1.807, 2.05) is 13.8 Å². The predicted molar refractivity (Wildman–Crippen MR) is 48.4 cm³/mol. The van der Waals surface area contributed by atoms with E-state index in [2.05, 4.69) is 5.16 Å². The number of nitrogens with zero attached hydrogens (tertiary/aromatic N) is 1. The van der Waals surface area contributed by atoms with E-state index < -0.39 is 6.10 Å². The Morgan fingerprint density at radius 1 is 1.77 bits per heavy atom. The molecular formula is C9H15NO3. The van der Waals surface area contributed by atoms with E-state index in [0.717, 1.165) is 5.71 Å². The average Bonchev–Trinajstić information content (AvgIpc) is 2.52. The van der Waals surface area contributed by atoms with Crippen LogP contribution in [0.2, 0.25) is 0 Å². The van der Waals surface area contributed by atoms with E-state index in [4.69, 9.17) is 9.57 Å². The fourth-order valence-electron chi connectivity index (χ4n) is 1.10. The number of esters is 1. The van der Waals surface area contributed by atoms with Gasteiger partial charge >= 0.3 is 5.97 Å². The maximum absolute atomic E-state index is 11.2. The fraction of sp³-hybridized carbons (Fsp3) is 0.778. The van der Waals surface area contributed by atoms with Crippen LogP contribution in [0.1, 0.15) is 27.2 Å². The van der Waals surface area contributed by atoms with E-state index in [9.17, 15) is 4.79 Å².